The number of rotatable bonds is 4. The zero-order valence-corrected chi connectivity index (χ0v) is 9.69. The minimum atomic E-state index is -0.397. The SMILES string of the molecule is COC(=O)c1ccc(C(=O)CN(C)C)cc1. The fourth-order valence-corrected chi connectivity index (χ4v) is 1.29. The maximum absolute atomic E-state index is 11.6. The number of esters is 1. The Balaban J connectivity index is 2.78. The molecule has 1 aromatic carbocycles. The largest absolute Gasteiger partial charge is 0.465 e. The van der Waals surface area contributed by atoms with E-state index in [1.165, 1.54) is 7.11 Å². The van der Waals surface area contributed by atoms with Crippen molar-refractivity contribution in [3.8, 4) is 0 Å². The molecule has 0 amide bonds. The Morgan fingerprint density at radius 1 is 1.12 bits per heavy atom. The van der Waals surface area contributed by atoms with Gasteiger partial charge in [0.25, 0.3) is 0 Å². The Morgan fingerprint density at radius 2 is 1.62 bits per heavy atom. The molecule has 0 aliphatic rings. The van der Waals surface area contributed by atoms with Crippen molar-refractivity contribution in [2.75, 3.05) is 27.7 Å². The van der Waals surface area contributed by atoms with Crippen LogP contribution in [0.15, 0.2) is 24.3 Å². The summed E-state index contributed by atoms with van der Waals surface area (Å²) in [6.45, 7) is 0.359. The number of hydrogen-bond donors (Lipinski definition) is 0. The molecule has 0 aliphatic heterocycles. The molecule has 0 saturated heterocycles. The molecule has 0 fully saturated rings. The summed E-state index contributed by atoms with van der Waals surface area (Å²) >= 11 is 0. The van der Waals surface area contributed by atoms with E-state index in [1.807, 2.05) is 14.1 Å². The first kappa shape index (κ1) is 12.4. The Bertz CT molecular complexity index is 382. The van der Waals surface area contributed by atoms with Gasteiger partial charge in [-0.25, -0.2) is 4.79 Å². The summed E-state index contributed by atoms with van der Waals surface area (Å²) in [5.74, 6) is -0.368. The van der Waals surface area contributed by atoms with Crippen LogP contribution in [0.2, 0.25) is 0 Å². The molecule has 16 heavy (non-hydrogen) atoms. The molecule has 0 aromatic heterocycles. The summed E-state index contributed by atoms with van der Waals surface area (Å²) in [5.41, 5.74) is 1.05. The molecular weight excluding hydrogens is 206 g/mol. The van der Waals surface area contributed by atoms with E-state index in [2.05, 4.69) is 4.74 Å². The maximum atomic E-state index is 11.6. The lowest BCUT2D eigenvalue weighted by atomic mass is 10.1. The van der Waals surface area contributed by atoms with Gasteiger partial charge in [-0.05, 0) is 26.2 Å². The summed E-state index contributed by atoms with van der Waals surface area (Å²) in [4.78, 5) is 24.6. The van der Waals surface area contributed by atoms with Gasteiger partial charge >= 0.3 is 5.97 Å². The van der Waals surface area contributed by atoms with E-state index >= 15 is 0 Å². The smallest absolute Gasteiger partial charge is 0.337 e. The fraction of sp³-hybridized carbons (Fsp3) is 0.333. The van der Waals surface area contributed by atoms with Crippen LogP contribution in [0.1, 0.15) is 20.7 Å². The molecule has 86 valence electrons. The number of likely N-dealkylation sites (N-methyl/N-ethyl adjacent to an activating group) is 1. The van der Waals surface area contributed by atoms with Crippen LogP contribution >= 0.6 is 0 Å². The number of methoxy groups -OCH3 is 1. The zero-order valence-electron chi connectivity index (χ0n) is 9.69. The first-order valence-corrected chi connectivity index (χ1v) is 4.91. The second-order valence-electron chi connectivity index (χ2n) is 3.73. The number of ether oxygens (including phenoxy) is 1. The van der Waals surface area contributed by atoms with Gasteiger partial charge in [-0.15, -0.1) is 0 Å². The van der Waals surface area contributed by atoms with E-state index in [-0.39, 0.29) is 5.78 Å². The monoisotopic (exact) mass is 221 g/mol. The number of Topliss-reactive ketones (excluding diaryl/α,β-unsaturated/α-hetero) is 1. The van der Waals surface area contributed by atoms with Crippen LogP contribution in [0, 0.1) is 0 Å². The van der Waals surface area contributed by atoms with Crippen LogP contribution in [0.3, 0.4) is 0 Å². The van der Waals surface area contributed by atoms with Crippen molar-refractivity contribution < 1.29 is 14.3 Å². The Kier molecular flexibility index (Phi) is 4.19. The third-order valence-corrected chi connectivity index (χ3v) is 2.09. The van der Waals surface area contributed by atoms with Crippen molar-refractivity contribution in [1.29, 1.82) is 0 Å². The predicted octanol–water partition coefficient (Wildman–Crippen LogP) is 1.22. The van der Waals surface area contributed by atoms with Crippen molar-refractivity contribution in [2.24, 2.45) is 0 Å². The van der Waals surface area contributed by atoms with Crippen LogP contribution in [0.5, 0.6) is 0 Å². The van der Waals surface area contributed by atoms with Gasteiger partial charge in [0.15, 0.2) is 5.78 Å². The molecule has 0 atom stereocenters. The molecule has 0 unspecified atom stereocenters. The number of hydrogen-bond acceptors (Lipinski definition) is 4. The second-order valence-corrected chi connectivity index (χ2v) is 3.73. The highest BCUT2D eigenvalue weighted by Gasteiger charge is 2.09. The molecule has 4 nitrogen and oxygen atoms in total. The van der Waals surface area contributed by atoms with Crippen molar-refractivity contribution >= 4 is 11.8 Å². The number of carbonyl (C=O) groups excluding carboxylic acids is 2. The average Bonchev–Trinajstić information content (AvgIpc) is 2.27. The summed E-state index contributed by atoms with van der Waals surface area (Å²) in [5, 5.41) is 0. The van der Waals surface area contributed by atoms with E-state index in [1.54, 1.807) is 29.2 Å². The van der Waals surface area contributed by atoms with Gasteiger partial charge in [-0.2, -0.15) is 0 Å². The molecule has 0 heterocycles. The summed E-state index contributed by atoms with van der Waals surface area (Å²) < 4.78 is 4.57. The van der Waals surface area contributed by atoms with E-state index in [4.69, 9.17) is 0 Å². The van der Waals surface area contributed by atoms with Gasteiger partial charge in [0.1, 0.15) is 0 Å². The highest BCUT2D eigenvalue weighted by Crippen LogP contribution is 2.06. The van der Waals surface area contributed by atoms with Crippen LogP contribution in [-0.4, -0.2) is 44.4 Å². The standard InChI is InChI=1S/C12H15NO3/c1-13(2)8-11(14)9-4-6-10(7-5-9)12(15)16-3/h4-7H,8H2,1-3H3. The lowest BCUT2D eigenvalue weighted by Gasteiger charge is -2.08. The number of benzene rings is 1. The molecule has 4 heteroatoms. The molecule has 0 aliphatic carbocycles. The van der Waals surface area contributed by atoms with Gasteiger partial charge in [0, 0.05) is 5.56 Å². The van der Waals surface area contributed by atoms with Crippen LogP contribution in [0.25, 0.3) is 0 Å². The second kappa shape index (κ2) is 5.42. The zero-order chi connectivity index (χ0) is 12.1. The quantitative estimate of drug-likeness (QED) is 0.566. The molecule has 0 spiro atoms. The Morgan fingerprint density at radius 3 is 2.06 bits per heavy atom. The maximum Gasteiger partial charge on any atom is 0.337 e. The van der Waals surface area contributed by atoms with Gasteiger partial charge in [-0.1, -0.05) is 12.1 Å². The normalized spacial score (nSPS) is 10.2. The van der Waals surface area contributed by atoms with Crippen molar-refractivity contribution in [2.45, 2.75) is 0 Å². The summed E-state index contributed by atoms with van der Waals surface area (Å²) in [6.07, 6.45) is 0. The number of ketones is 1. The molecule has 0 radical (unpaired) electrons. The fourth-order valence-electron chi connectivity index (χ4n) is 1.29. The average molecular weight is 221 g/mol. The first-order valence-electron chi connectivity index (χ1n) is 4.91. The minimum absolute atomic E-state index is 0.0291. The molecule has 0 saturated carbocycles. The van der Waals surface area contributed by atoms with Crippen LogP contribution in [-0.2, 0) is 4.74 Å². The van der Waals surface area contributed by atoms with E-state index in [0.717, 1.165) is 0 Å². The predicted molar refractivity (Wildman–Crippen MR) is 60.7 cm³/mol. The van der Waals surface area contributed by atoms with Crippen LogP contribution < -0.4 is 0 Å². The highest BCUT2D eigenvalue weighted by molar-refractivity contribution is 5.98. The molecule has 0 N–H and O–H groups in total. The summed E-state index contributed by atoms with van der Waals surface area (Å²) in [7, 11) is 4.99. The molecular formula is C12H15NO3. The van der Waals surface area contributed by atoms with E-state index in [9.17, 15) is 9.59 Å². The molecule has 1 aromatic rings. The van der Waals surface area contributed by atoms with Crippen molar-refractivity contribution in [3.05, 3.63) is 35.4 Å². The lowest BCUT2D eigenvalue weighted by molar-refractivity contribution is 0.0600. The van der Waals surface area contributed by atoms with Gasteiger partial charge in [-0.3, -0.25) is 4.79 Å². The van der Waals surface area contributed by atoms with Gasteiger partial charge in [0.2, 0.25) is 0 Å². The van der Waals surface area contributed by atoms with E-state index < -0.39 is 5.97 Å². The Labute approximate surface area is 94.8 Å². The minimum Gasteiger partial charge on any atom is -0.465 e. The van der Waals surface area contributed by atoms with Crippen LogP contribution in [0.4, 0.5) is 0 Å². The summed E-state index contributed by atoms with van der Waals surface area (Å²) in [6, 6.07) is 6.46. The highest BCUT2D eigenvalue weighted by atomic mass is 16.5. The molecule has 1 rings (SSSR count). The topological polar surface area (TPSA) is 46.6 Å². The van der Waals surface area contributed by atoms with Gasteiger partial charge in [0.05, 0.1) is 19.2 Å². The first-order chi connectivity index (χ1) is 7.54. The van der Waals surface area contributed by atoms with E-state index in [0.29, 0.717) is 17.7 Å². The third-order valence-electron chi connectivity index (χ3n) is 2.09. The van der Waals surface area contributed by atoms with Crippen molar-refractivity contribution in [1.82, 2.24) is 4.90 Å². The lowest BCUT2D eigenvalue weighted by Crippen LogP contribution is -2.21. The van der Waals surface area contributed by atoms with Crippen molar-refractivity contribution in [3.63, 3.8) is 0 Å². The van der Waals surface area contributed by atoms with Gasteiger partial charge < -0.3 is 9.64 Å². The number of carbonyl (C=O) groups is 2. The third kappa shape index (κ3) is 3.17. The Hall–Kier alpha value is -1.68. The molecule has 0 bridgehead atoms. The number of nitrogens with zero attached hydrogens (tertiary/aromatic N) is 1.